The van der Waals surface area contributed by atoms with Crippen molar-refractivity contribution in [2.24, 2.45) is 0 Å². The Bertz CT molecular complexity index is 517. The Hall–Kier alpha value is -1.39. The maximum Gasteiger partial charge on any atom is 0.332 e. The lowest BCUT2D eigenvalue weighted by molar-refractivity contribution is -0.146. The molecule has 2 fully saturated rings. The van der Waals surface area contributed by atoms with E-state index in [0.29, 0.717) is 18.0 Å². The molecule has 0 aromatic heterocycles. The zero-order valence-corrected chi connectivity index (χ0v) is 12.4. The highest BCUT2D eigenvalue weighted by molar-refractivity contribution is 5.72. The van der Waals surface area contributed by atoms with Crippen LogP contribution in [0.1, 0.15) is 42.7 Å². The first-order chi connectivity index (χ1) is 10.0. The van der Waals surface area contributed by atoms with Crippen molar-refractivity contribution < 1.29 is 15.0 Å². The molecule has 4 heteroatoms. The molecule has 2 unspecified atom stereocenters. The molecule has 0 radical (unpaired) electrons. The first-order valence-electron chi connectivity index (χ1n) is 7.76. The highest BCUT2D eigenvalue weighted by atomic mass is 16.4. The van der Waals surface area contributed by atoms with E-state index >= 15 is 0 Å². The zero-order valence-electron chi connectivity index (χ0n) is 12.4. The van der Waals surface area contributed by atoms with Crippen LogP contribution >= 0.6 is 0 Å². The SMILES string of the molecule is CN1C2CCC1CC(c1cccc(C[C@@H](O)C(=O)O)c1)C2. The number of aliphatic carboxylic acids is 1. The minimum Gasteiger partial charge on any atom is -0.479 e. The molecule has 2 aliphatic rings. The minimum absolute atomic E-state index is 0.183. The smallest absolute Gasteiger partial charge is 0.332 e. The van der Waals surface area contributed by atoms with Gasteiger partial charge >= 0.3 is 5.97 Å². The number of fused-ring (bicyclic) bond motifs is 2. The largest absolute Gasteiger partial charge is 0.479 e. The first-order valence-corrected chi connectivity index (χ1v) is 7.76. The Balaban J connectivity index is 1.73. The number of hydrogen-bond donors (Lipinski definition) is 2. The number of nitrogens with zero attached hydrogens (tertiary/aromatic N) is 1. The molecular weight excluding hydrogens is 266 g/mol. The summed E-state index contributed by atoms with van der Waals surface area (Å²) in [5, 5.41) is 18.3. The van der Waals surface area contributed by atoms with Crippen molar-refractivity contribution in [3.05, 3.63) is 35.4 Å². The quantitative estimate of drug-likeness (QED) is 0.890. The number of rotatable bonds is 4. The van der Waals surface area contributed by atoms with E-state index in [1.54, 1.807) is 0 Å². The zero-order chi connectivity index (χ0) is 15.0. The van der Waals surface area contributed by atoms with Crippen LogP contribution in [-0.4, -0.2) is 46.3 Å². The lowest BCUT2D eigenvalue weighted by Crippen LogP contribution is -2.39. The Morgan fingerprint density at radius 2 is 2.00 bits per heavy atom. The molecule has 1 aromatic rings. The monoisotopic (exact) mass is 289 g/mol. The van der Waals surface area contributed by atoms with E-state index in [9.17, 15) is 9.90 Å². The van der Waals surface area contributed by atoms with Crippen molar-refractivity contribution in [2.45, 2.75) is 56.2 Å². The van der Waals surface area contributed by atoms with Gasteiger partial charge in [-0.2, -0.15) is 0 Å². The molecule has 21 heavy (non-hydrogen) atoms. The Morgan fingerprint density at radius 3 is 2.62 bits per heavy atom. The summed E-state index contributed by atoms with van der Waals surface area (Å²) >= 11 is 0. The molecule has 3 rings (SSSR count). The van der Waals surface area contributed by atoms with E-state index in [2.05, 4.69) is 24.1 Å². The average Bonchev–Trinajstić information content (AvgIpc) is 2.69. The second-order valence-electron chi connectivity index (χ2n) is 6.52. The summed E-state index contributed by atoms with van der Waals surface area (Å²) in [5.41, 5.74) is 2.21. The van der Waals surface area contributed by atoms with Gasteiger partial charge in [0.2, 0.25) is 0 Å². The third-order valence-electron chi connectivity index (χ3n) is 5.23. The van der Waals surface area contributed by atoms with Gasteiger partial charge in [0.25, 0.3) is 0 Å². The van der Waals surface area contributed by atoms with E-state index in [-0.39, 0.29) is 6.42 Å². The fourth-order valence-corrected chi connectivity index (χ4v) is 3.97. The molecule has 114 valence electrons. The average molecular weight is 289 g/mol. The lowest BCUT2D eigenvalue weighted by Gasteiger charge is -2.36. The van der Waals surface area contributed by atoms with Gasteiger partial charge in [0.1, 0.15) is 0 Å². The molecule has 3 atom stereocenters. The van der Waals surface area contributed by atoms with Gasteiger partial charge in [-0.15, -0.1) is 0 Å². The number of benzene rings is 1. The van der Waals surface area contributed by atoms with Crippen LogP contribution < -0.4 is 0 Å². The normalized spacial score (nSPS) is 30.3. The summed E-state index contributed by atoms with van der Waals surface area (Å²) in [4.78, 5) is 13.3. The molecule has 0 saturated carbocycles. The third-order valence-corrected chi connectivity index (χ3v) is 5.23. The number of piperidine rings is 1. The Morgan fingerprint density at radius 1 is 1.33 bits per heavy atom. The van der Waals surface area contributed by atoms with Gasteiger partial charge in [-0.05, 0) is 49.8 Å². The number of carboxylic acids is 1. The van der Waals surface area contributed by atoms with E-state index in [4.69, 9.17) is 5.11 Å². The molecular formula is C17H23NO3. The number of aliphatic hydroxyl groups is 1. The molecule has 1 aromatic carbocycles. The topological polar surface area (TPSA) is 60.8 Å². The van der Waals surface area contributed by atoms with Gasteiger partial charge in [0, 0.05) is 18.5 Å². The Labute approximate surface area is 125 Å². The van der Waals surface area contributed by atoms with Gasteiger partial charge in [-0.3, -0.25) is 0 Å². The lowest BCUT2D eigenvalue weighted by atomic mass is 9.84. The molecule has 0 aliphatic carbocycles. The van der Waals surface area contributed by atoms with Crippen molar-refractivity contribution in [1.29, 1.82) is 0 Å². The van der Waals surface area contributed by atoms with Crippen LogP contribution in [0, 0.1) is 0 Å². The maximum absolute atomic E-state index is 10.8. The van der Waals surface area contributed by atoms with E-state index < -0.39 is 12.1 Å². The van der Waals surface area contributed by atoms with Crippen LogP contribution in [-0.2, 0) is 11.2 Å². The highest BCUT2D eigenvalue weighted by Crippen LogP contribution is 2.42. The molecule has 2 bridgehead atoms. The van der Waals surface area contributed by atoms with Crippen LogP contribution in [0.5, 0.6) is 0 Å². The second-order valence-corrected chi connectivity index (χ2v) is 6.52. The van der Waals surface area contributed by atoms with Gasteiger partial charge in [-0.1, -0.05) is 24.3 Å². The molecule has 2 N–H and O–H groups in total. The number of aliphatic hydroxyl groups excluding tert-OH is 1. The van der Waals surface area contributed by atoms with Gasteiger partial charge in [0.15, 0.2) is 6.10 Å². The number of hydrogen-bond acceptors (Lipinski definition) is 3. The summed E-state index contributed by atoms with van der Waals surface area (Å²) in [6.45, 7) is 0. The summed E-state index contributed by atoms with van der Waals surface area (Å²) in [6, 6.07) is 9.51. The van der Waals surface area contributed by atoms with Gasteiger partial charge < -0.3 is 15.1 Å². The fraction of sp³-hybridized carbons (Fsp3) is 0.588. The molecule has 4 nitrogen and oxygen atoms in total. The van der Waals surface area contributed by atoms with Crippen molar-refractivity contribution in [2.75, 3.05) is 7.05 Å². The van der Waals surface area contributed by atoms with Crippen molar-refractivity contribution in [3.8, 4) is 0 Å². The summed E-state index contributed by atoms with van der Waals surface area (Å²) in [6.07, 6.45) is 3.86. The fourth-order valence-electron chi connectivity index (χ4n) is 3.97. The van der Waals surface area contributed by atoms with Crippen LogP contribution in [0.15, 0.2) is 24.3 Å². The first kappa shape index (κ1) is 14.5. The van der Waals surface area contributed by atoms with E-state index in [1.165, 1.54) is 31.2 Å². The second kappa shape index (κ2) is 5.78. The van der Waals surface area contributed by atoms with Crippen molar-refractivity contribution >= 4 is 5.97 Å². The number of carboxylic acid groups (broad SMARTS) is 1. The van der Waals surface area contributed by atoms with Crippen molar-refractivity contribution in [3.63, 3.8) is 0 Å². The van der Waals surface area contributed by atoms with E-state index in [1.807, 2.05) is 12.1 Å². The Kier molecular flexibility index (Phi) is 4.00. The predicted octanol–water partition coefficient (Wildman–Crippen LogP) is 2.01. The summed E-state index contributed by atoms with van der Waals surface area (Å²) in [7, 11) is 2.23. The maximum atomic E-state index is 10.8. The van der Waals surface area contributed by atoms with Crippen LogP contribution in [0.25, 0.3) is 0 Å². The molecule has 2 saturated heterocycles. The van der Waals surface area contributed by atoms with Crippen LogP contribution in [0.4, 0.5) is 0 Å². The molecule has 2 heterocycles. The predicted molar refractivity (Wildman–Crippen MR) is 80.3 cm³/mol. The highest BCUT2D eigenvalue weighted by Gasteiger charge is 2.38. The summed E-state index contributed by atoms with van der Waals surface area (Å²) in [5.74, 6) is -0.585. The number of carbonyl (C=O) groups is 1. The van der Waals surface area contributed by atoms with Gasteiger partial charge in [-0.25, -0.2) is 4.79 Å². The summed E-state index contributed by atoms with van der Waals surface area (Å²) < 4.78 is 0. The van der Waals surface area contributed by atoms with Crippen LogP contribution in [0.3, 0.4) is 0 Å². The standard InChI is InChI=1S/C17H23NO3/c1-18-14-5-6-15(18)10-13(9-14)12-4-2-3-11(7-12)8-16(19)17(20)21/h2-4,7,13-16,19H,5-6,8-10H2,1H3,(H,20,21)/t13?,14?,15?,16-/m1/s1. The van der Waals surface area contributed by atoms with Crippen LogP contribution in [0.2, 0.25) is 0 Å². The van der Waals surface area contributed by atoms with E-state index in [0.717, 1.165) is 5.56 Å². The van der Waals surface area contributed by atoms with Crippen molar-refractivity contribution in [1.82, 2.24) is 4.90 Å². The van der Waals surface area contributed by atoms with Gasteiger partial charge in [0.05, 0.1) is 0 Å². The molecule has 2 aliphatic heterocycles. The minimum atomic E-state index is -1.31. The molecule has 0 spiro atoms. The third kappa shape index (κ3) is 2.97. The molecule has 0 amide bonds.